The van der Waals surface area contributed by atoms with Crippen molar-refractivity contribution in [1.82, 2.24) is 25.3 Å². The molecule has 0 aliphatic carbocycles. The van der Waals surface area contributed by atoms with Gasteiger partial charge in [-0.25, -0.2) is 4.68 Å². The second-order valence-electron chi connectivity index (χ2n) is 8.22. The zero-order chi connectivity index (χ0) is 22.5. The molecule has 0 radical (unpaired) electrons. The van der Waals surface area contributed by atoms with Crippen molar-refractivity contribution in [1.29, 1.82) is 0 Å². The molecule has 0 atom stereocenters. The lowest BCUT2D eigenvalue weighted by atomic mass is 9.93. The third kappa shape index (κ3) is 4.77. The van der Waals surface area contributed by atoms with Crippen LogP contribution in [0.1, 0.15) is 30.0 Å². The van der Waals surface area contributed by atoms with Gasteiger partial charge < -0.3 is 10.2 Å². The van der Waals surface area contributed by atoms with Gasteiger partial charge in [-0.2, -0.15) is 5.10 Å². The van der Waals surface area contributed by atoms with E-state index in [2.05, 4.69) is 49.8 Å². The second-order valence-corrected chi connectivity index (χ2v) is 8.22. The van der Waals surface area contributed by atoms with Crippen molar-refractivity contribution in [2.24, 2.45) is 5.92 Å². The number of rotatable bonds is 6. The maximum Gasteiger partial charge on any atom is 0.223 e. The third-order valence-corrected chi connectivity index (χ3v) is 6.12. The molecule has 0 saturated carbocycles. The molecule has 0 bridgehead atoms. The van der Waals surface area contributed by atoms with Crippen LogP contribution in [0.5, 0.6) is 0 Å². The number of nitrogens with zero attached hydrogens (tertiary/aromatic N) is 5. The molecule has 1 aliphatic heterocycles. The number of anilines is 1. The summed E-state index contributed by atoms with van der Waals surface area (Å²) in [4.78, 5) is 15.4. The summed E-state index contributed by atoms with van der Waals surface area (Å²) in [6, 6.07) is 25.8. The Morgan fingerprint density at radius 2 is 1.42 bits per heavy atom. The zero-order valence-corrected chi connectivity index (χ0v) is 18.3. The van der Waals surface area contributed by atoms with Crippen LogP contribution in [-0.2, 0) is 4.79 Å². The second kappa shape index (κ2) is 9.65. The minimum atomic E-state index is -0.154. The predicted octanol–water partition coefficient (Wildman–Crippen LogP) is 3.78. The monoisotopic (exact) mass is 438 g/mol. The van der Waals surface area contributed by atoms with Crippen molar-refractivity contribution in [3.05, 3.63) is 102 Å². The number of carbonyl (C=O) groups is 1. The summed E-state index contributed by atoms with van der Waals surface area (Å²) < 4.78 is 1.68. The van der Waals surface area contributed by atoms with Crippen LogP contribution < -0.4 is 10.2 Å². The molecular formula is C26H26N6O. The summed E-state index contributed by atoms with van der Waals surface area (Å²) in [6.07, 6.45) is 5.12. The topological polar surface area (TPSA) is 75.9 Å². The van der Waals surface area contributed by atoms with E-state index in [9.17, 15) is 4.79 Å². The summed E-state index contributed by atoms with van der Waals surface area (Å²) in [5, 5.41) is 16.1. The fourth-order valence-corrected chi connectivity index (χ4v) is 4.29. The SMILES string of the molecule is O=C(NC(c1ccccc1)c1ccccc1)C1CCN(c2ccc(-n3cccn3)nn2)CC1. The van der Waals surface area contributed by atoms with E-state index in [0.717, 1.165) is 42.9 Å². The molecule has 5 rings (SSSR count). The highest BCUT2D eigenvalue weighted by molar-refractivity contribution is 5.80. The van der Waals surface area contributed by atoms with Crippen LogP contribution in [-0.4, -0.2) is 39.0 Å². The van der Waals surface area contributed by atoms with Gasteiger partial charge in [0.2, 0.25) is 5.91 Å². The molecule has 2 aromatic carbocycles. The summed E-state index contributed by atoms with van der Waals surface area (Å²) in [7, 11) is 0. The lowest BCUT2D eigenvalue weighted by Crippen LogP contribution is -2.42. The number of amides is 1. The number of benzene rings is 2. The van der Waals surface area contributed by atoms with Crippen LogP contribution in [0.15, 0.2) is 91.3 Å². The van der Waals surface area contributed by atoms with Crippen molar-refractivity contribution in [3.8, 4) is 5.82 Å². The first kappa shape index (κ1) is 20.9. The average Bonchev–Trinajstić information content (AvgIpc) is 3.44. The smallest absolute Gasteiger partial charge is 0.223 e. The van der Waals surface area contributed by atoms with E-state index in [-0.39, 0.29) is 17.9 Å². The van der Waals surface area contributed by atoms with Crippen LogP contribution in [0.2, 0.25) is 0 Å². The standard InChI is InChI=1S/C26H26N6O/c33-26(28-25(20-8-3-1-4-9-20)21-10-5-2-6-11-21)22-14-18-31(19-15-22)23-12-13-24(30-29-23)32-17-7-16-27-32/h1-13,16-17,22,25H,14-15,18-19H2,(H,28,33). The Morgan fingerprint density at radius 3 is 1.97 bits per heavy atom. The molecule has 33 heavy (non-hydrogen) atoms. The minimum absolute atomic E-state index is 0.0209. The third-order valence-electron chi connectivity index (χ3n) is 6.12. The highest BCUT2D eigenvalue weighted by Gasteiger charge is 2.28. The van der Waals surface area contributed by atoms with E-state index in [0.29, 0.717) is 5.82 Å². The van der Waals surface area contributed by atoms with Gasteiger partial charge in [0.05, 0.1) is 6.04 Å². The van der Waals surface area contributed by atoms with E-state index in [1.54, 1.807) is 10.9 Å². The van der Waals surface area contributed by atoms with Gasteiger partial charge in [0.1, 0.15) is 0 Å². The van der Waals surface area contributed by atoms with E-state index >= 15 is 0 Å². The van der Waals surface area contributed by atoms with Gasteiger partial charge in [-0.1, -0.05) is 60.7 Å². The molecule has 1 amide bonds. The summed E-state index contributed by atoms with van der Waals surface area (Å²) in [5.74, 6) is 1.60. The van der Waals surface area contributed by atoms with E-state index in [1.807, 2.05) is 60.8 Å². The van der Waals surface area contributed by atoms with Gasteiger partial charge >= 0.3 is 0 Å². The fraction of sp³-hybridized carbons (Fsp3) is 0.231. The van der Waals surface area contributed by atoms with Gasteiger partial charge in [-0.15, -0.1) is 10.2 Å². The quantitative estimate of drug-likeness (QED) is 0.496. The number of carbonyl (C=O) groups excluding carboxylic acids is 1. The highest BCUT2D eigenvalue weighted by atomic mass is 16.2. The minimum Gasteiger partial charge on any atom is -0.355 e. The molecule has 1 saturated heterocycles. The molecule has 1 fully saturated rings. The number of piperidine rings is 1. The van der Waals surface area contributed by atoms with Crippen molar-refractivity contribution in [3.63, 3.8) is 0 Å². The van der Waals surface area contributed by atoms with Crippen LogP contribution in [0, 0.1) is 5.92 Å². The molecule has 1 aliphatic rings. The van der Waals surface area contributed by atoms with Crippen molar-refractivity contribution >= 4 is 11.7 Å². The Balaban J connectivity index is 1.22. The van der Waals surface area contributed by atoms with Gasteiger partial charge in [-0.3, -0.25) is 4.79 Å². The lowest BCUT2D eigenvalue weighted by molar-refractivity contribution is -0.126. The molecule has 4 aromatic rings. The summed E-state index contributed by atoms with van der Waals surface area (Å²) in [5.41, 5.74) is 2.17. The van der Waals surface area contributed by atoms with E-state index in [1.165, 1.54) is 0 Å². The molecule has 166 valence electrons. The van der Waals surface area contributed by atoms with Crippen LogP contribution >= 0.6 is 0 Å². The molecule has 0 spiro atoms. The van der Waals surface area contributed by atoms with E-state index in [4.69, 9.17) is 0 Å². The van der Waals surface area contributed by atoms with E-state index < -0.39 is 0 Å². The predicted molar refractivity (Wildman–Crippen MR) is 127 cm³/mol. The zero-order valence-electron chi connectivity index (χ0n) is 18.3. The normalized spacial score (nSPS) is 14.4. The Morgan fingerprint density at radius 1 is 0.818 bits per heavy atom. The Hall–Kier alpha value is -4.00. The van der Waals surface area contributed by atoms with Gasteiger partial charge in [0, 0.05) is 31.4 Å². The van der Waals surface area contributed by atoms with Crippen molar-refractivity contribution in [2.45, 2.75) is 18.9 Å². The molecule has 7 nitrogen and oxygen atoms in total. The van der Waals surface area contributed by atoms with Crippen LogP contribution in [0.3, 0.4) is 0 Å². The van der Waals surface area contributed by atoms with Gasteiger partial charge in [-0.05, 0) is 42.2 Å². The first-order chi connectivity index (χ1) is 16.3. The summed E-state index contributed by atoms with van der Waals surface area (Å²) in [6.45, 7) is 1.55. The maximum absolute atomic E-state index is 13.2. The number of hydrogen-bond acceptors (Lipinski definition) is 5. The first-order valence-electron chi connectivity index (χ1n) is 11.3. The van der Waals surface area contributed by atoms with Crippen molar-refractivity contribution < 1.29 is 4.79 Å². The average molecular weight is 439 g/mol. The molecule has 0 unspecified atom stereocenters. The fourth-order valence-electron chi connectivity index (χ4n) is 4.29. The lowest BCUT2D eigenvalue weighted by Gasteiger charge is -2.32. The Bertz CT molecular complexity index is 1120. The molecule has 3 heterocycles. The molecule has 7 heteroatoms. The van der Waals surface area contributed by atoms with Crippen molar-refractivity contribution in [2.75, 3.05) is 18.0 Å². The maximum atomic E-state index is 13.2. The molecular weight excluding hydrogens is 412 g/mol. The summed E-state index contributed by atoms with van der Waals surface area (Å²) >= 11 is 0. The highest BCUT2D eigenvalue weighted by Crippen LogP contribution is 2.26. The van der Waals surface area contributed by atoms with Gasteiger partial charge in [0.25, 0.3) is 0 Å². The Kier molecular flexibility index (Phi) is 6.10. The molecule has 1 N–H and O–H groups in total. The van der Waals surface area contributed by atoms with Gasteiger partial charge in [0.15, 0.2) is 11.6 Å². The molecule has 2 aromatic heterocycles. The number of nitrogens with one attached hydrogen (secondary N) is 1. The Labute approximate surface area is 193 Å². The number of aromatic nitrogens is 4. The van der Waals surface area contributed by atoms with Crippen LogP contribution in [0.4, 0.5) is 5.82 Å². The van der Waals surface area contributed by atoms with Crippen LogP contribution in [0.25, 0.3) is 5.82 Å². The number of hydrogen-bond donors (Lipinski definition) is 1. The largest absolute Gasteiger partial charge is 0.355 e. The first-order valence-corrected chi connectivity index (χ1v) is 11.3.